The summed E-state index contributed by atoms with van der Waals surface area (Å²) < 4.78 is 13.7. The number of rotatable bonds is 3. The first-order valence-electron chi connectivity index (χ1n) is 6.10. The molecule has 2 aromatic heterocycles. The number of fused-ring (bicyclic) bond motifs is 1. The molecule has 2 heterocycles. The van der Waals surface area contributed by atoms with Crippen molar-refractivity contribution in [3.05, 3.63) is 60.2 Å². The van der Waals surface area contributed by atoms with Gasteiger partial charge in [-0.15, -0.1) is 11.8 Å². The van der Waals surface area contributed by atoms with Crippen LogP contribution in [0.3, 0.4) is 0 Å². The van der Waals surface area contributed by atoms with Crippen LogP contribution in [-0.4, -0.2) is 9.97 Å². The van der Waals surface area contributed by atoms with E-state index >= 15 is 0 Å². The molecule has 2 N–H and O–H groups in total. The van der Waals surface area contributed by atoms with Gasteiger partial charge in [-0.3, -0.25) is 4.98 Å². The first-order chi connectivity index (χ1) is 9.74. The number of nitrogens with zero attached hydrogens (tertiary/aromatic N) is 2. The quantitative estimate of drug-likeness (QED) is 0.746. The van der Waals surface area contributed by atoms with Crippen molar-refractivity contribution < 1.29 is 4.39 Å². The lowest BCUT2D eigenvalue weighted by molar-refractivity contribution is 0.639. The second-order valence-corrected chi connectivity index (χ2v) is 5.32. The molecule has 0 bridgehead atoms. The molecule has 20 heavy (non-hydrogen) atoms. The maximum atomic E-state index is 13.7. The summed E-state index contributed by atoms with van der Waals surface area (Å²) in [5, 5.41) is 1.43. The molecule has 0 saturated heterocycles. The minimum Gasteiger partial charge on any atom is -0.397 e. The van der Waals surface area contributed by atoms with Gasteiger partial charge in [0.05, 0.1) is 22.4 Å². The topological polar surface area (TPSA) is 51.8 Å². The van der Waals surface area contributed by atoms with E-state index in [0.29, 0.717) is 22.3 Å². The van der Waals surface area contributed by atoms with E-state index in [2.05, 4.69) is 9.97 Å². The van der Waals surface area contributed by atoms with Gasteiger partial charge in [0.1, 0.15) is 5.82 Å². The summed E-state index contributed by atoms with van der Waals surface area (Å²) in [5.41, 5.74) is 7.94. The lowest BCUT2D eigenvalue weighted by Crippen LogP contribution is -1.91. The Bertz CT molecular complexity index is 744. The molecule has 0 atom stereocenters. The lowest BCUT2D eigenvalue weighted by atomic mass is 10.1. The molecular weight excluding hydrogens is 273 g/mol. The Kier molecular flexibility index (Phi) is 3.52. The number of hydrogen-bond donors (Lipinski definition) is 1. The fourth-order valence-corrected chi connectivity index (χ4v) is 2.77. The Morgan fingerprint density at radius 1 is 1.10 bits per heavy atom. The van der Waals surface area contributed by atoms with Crippen molar-refractivity contribution in [3.63, 3.8) is 0 Å². The standard InChI is InChI=1S/C15H12FN3S/c16-13-5-3-10(15-12(13)2-1-7-18-15)9-20-14-6-4-11(17)8-19-14/h1-8H,9,17H2. The van der Waals surface area contributed by atoms with Gasteiger partial charge in [0, 0.05) is 17.3 Å². The van der Waals surface area contributed by atoms with E-state index < -0.39 is 0 Å². The Morgan fingerprint density at radius 3 is 2.80 bits per heavy atom. The van der Waals surface area contributed by atoms with Gasteiger partial charge < -0.3 is 5.73 Å². The maximum absolute atomic E-state index is 13.7. The van der Waals surface area contributed by atoms with Crippen molar-refractivity contribution in [1.29, 1.82) is 0 Å². The van der Waals surface area contributed by atoms with Crippen molar-refractivity contribution in [1.82, 2.24) is 9.97 Å². The molecule has 0 spiro atoms. The fourth-order valence-electron chi connectivity index (χ4n) is 1.94. The summed E-state index contributed by atoms with van der Waals surface area (Å²) in [5.74, 6) is 0.442. The highest BCUT2D eigenvalue weighted by molar-refractivity contribution is 7.98. The zero-order valence-corrected chi connectivity index (χ0v) is 11.4. The molecule has 0 amide bonds. The van der Waals surface area contributed by atoms with Crippen LogP contribution in [-0.2, 0) is 5.75 Å². The molecule has 0 saturated carbocycles. The van der Waals surface area contributed by atoms with Crippen LogP contribution in [0.15, 0.2) is 53.8 Å². The summed E-state index contributed by atoms with van der Waals surface area (Å²) in [6.45, 7) is 0. The molecule has 3 nitrogen and oxygen atoms in total. The van der Waals surface area contributed by atoms with Crippen LogP contribution < -0.4 is 5.73 Å². The molecule has 0 aliphatic rings. The predicted octanol–water partition coefficient (Wildman–Crippen LogP) is 3.64. The van der Waals surface area contributed by atoms with Crippen molar-refractivity contribution in [2.45, 2.75) is 10.8 Å². The van der Waals surface area contributed by atoms with E-state index in [-0.39, 0.29) is 5.82 Å². The normalized spacial score (nSPS) is 10.8. The average molecular weight is 285 g/mol. The number of pyridine rings is 2. The van der Waals surface area contributed by atoms with Crippen LogP contribution in [0.4, 0.5) is 10.1 Å². The summed E-state index contributed by atoms with van der Waals surface area (Å²) in [6, 6.07) is 10.4. The number of benzene rings is 1. The zero-order chi connectivity index (χ0) is 13.9. The highest BCUT2D eigenvalue weighted by Crippen LogP contribution is 2.26. The van der Waals surface area contributed by atoms with Gasteiger partial charge in [-0.25, -0.2) is 9.37 Å². The number of aromatic nitrogens is 2. The van der Waals surface area contributed by atoms with Crippen molar-refractivity contribution >= 4 is 28.4 Å². The fraction of sp³-hybridized carbons (Fsp3) is 0.0667. The van der Waals surface area contributed by atoms with Crippen LogP contribution >= 0.6 is 11.8 Å². The van der Waals surface area contributed by atoms with Crippen molar-refractivity contribution in [2.75, 3.05) is 5.73 Å². The molecule has 3 aromatic rings. The van der Waals surface area contributed by atoms with Crippen LogP contribution in [0.5, 0.6) is 0 Å². The molecule has 0 unspecified atom stereocenters. The number of nitrogens with two attached hydrogens (primary N) is 1. The summed E-state index contributed by atoms with van der Waals surface area (Å²) in [7, 11) is 0. The number of hydrogen-bond acceptors (Lipinski definition) is 4. The van der Waals surface area contributed by atoms with Gasteiger partial charge in [-0.2, -0.15) is 0 Å². The first-order valence-corrected chi connectivity index (χ1v) is 7.09. The van der Waals surface area contributed by atoms with Gasteiger partial charge in [-0.05, 0) is 35.9 Å². The summed E-state index contributed by atoms with van der Waals surface area (Å²) >= 11 is 1.57. The highest BCUT2D eigenvalue weighted by atomic mass is 32.2. The maximum Gasteiger partial charge on any atom is 0.132 e. The molecule has 100 valence electrons. The third-order valence-electron chi connectivity index (χ3n) is 2.93. The van der Waals surface area contributed by atoms with Crippen molar-refractivity contribution in [3.8, 4) is 0 Å². The Hall–Kier alpha value is -2.14. The van der Waals surface area contributed by atoms with Gasteiger partial charge in [0.25, 0.3) is 0 Å². The lowest BCUT2D eigenvalue weighted by Gasteiger charge is -2.06. The van der Waals surface area contributed by atoms with E-state index in [1.807, 2.05) is 12.1 Å². The number of nitrogen functional groups attached to an aromatic ring is 1. The third-order valence-corrected chi connectivity index (χ3v) is 3.93. The van der Waals surface area contributed by atoms with Crippen LogP contribution in [0, 0.1) is 5.82 Å². The Balaban J connectivity index is 1.88. The molecule has 0 fully saturated rings. The third kappa shape index (κ3) is 2.58. The number of thioether (sulfide) groups is 1. The van der Waals surface area contributed by atoms with E-state index in [0.717, 1.165) is 10.6 Å². The SMILES string of the molecule is Nc1ccc(SCc2ccc(F)c3cccnc23)nc1. The van der Waals surface area contributed by atoms with E-state index in [1.54, 1.807) is 42.4 Å². The first kappa shape index (κ1) is 12.9. The zero-order valence-electron chi connectivity index (χ0n) is 10.6. The number of anilines is 1. The van der Waals surface area contributed by atoms with Crippen LogP contribution in [0.1, 0.15) is 5.56 Å². The second-order valence-electron chi connectivity index (χ2n) is 4.32. The van der Waals surface area contributed by atoms with E-state index in [4.69, 9.17) is 5.73 Å². The second kappa shape index (κ2) is 5.46. The minimum absolute atomic E-state index is 0.243. The minimum atomic E-state index is -0.243. The smallest absolute Gasteiger partial charge is 0.132 e. The largest absolute Gasteiger partial charge is 0.397 e. The van der Waals surface area contributed by atoms with Crippen LogP contribution in [0.2, 0.25) is 0 Å². The van der Waals surface area contributed by atoms with Crippen LogP contribution in [0.25, 0.3) is 10.9 Å². The Labute approximate surface area is 120 Å². The van der Waals surface area contributed by atoms with Gasteiger partial charge in [-0.1, -0.05) is 6.07 Å². The van der Waals surface area contributed by atoms with Gasteiger partial charge in [0.15, 0.2) is 0 Å². The molecular formula is C15H12FN3S. The average Bonchev–Trinajstić information content (AvgIpc) is 2.49. The molecule has 5 heteroatoms. The van der Waals surface area contributed by atoms with Gasteiger partial charge in [0.2, 0.25) is 0 Å². The molecule has 0 radical (unpaired) electrons. The van der Waals surface area contributed by atoms with E-state index in [9.17, 15) is 4.39 Å². The molecule has 0 aliphatic heterocycles. The number of halogens is 1. The van der Waals surface area contributed by atoms with E-state index in [1.165, 1.54) is 6.07 Å². The predicted molar refractivity (Wildman–Crippen MR) is 79.9 cm³/mol. The molecule has 1 aromatic carbocycles. The summed E-state index contributed by atoms with van der Waals surface area (Å²) in [4.78, 5) is 8.51. The Morgan fingerprint density at radius 2 is 2.00 bits per heavy atom. The monoisotopic (exact) mass is 285 g/mol. The summed E-state index contributed by atoms with van der Waals surface area (Å²) in [6.07, 6.45) is 3.31. The molecule has 3 rings (SSSR count). The van der Waals surface area contributed by atoms with Gasteiger partial charge >= 0.3 is 0 Å². The van der Waals surface area contributed by atoms with Crippen molar-refractivity contribution in [2.24, 2.45) is 0 Å². The molecule has 0 aliphatic carbocycles. The highest BCUT2D eigenvalue weighted by Gasteiger charge is 2.07.